The molecule has 0 amide bonds. The van der Waals surface area contributed by atoms with Gasteiger partial charge in [0.05, 0.1) is 36.9 Å². The normalized spacial score (nSPS) is 14.6. The van der Waals surface area contributed by atoms with Gasteiger partial charge in [-0.3, -0.25) is 9.78 Å². The number of fused-ring (bicyclic) bond motifs is 1. The summed E-state index contributed by atoms with van der Waals surface area (Å²) < 4.78 is 11.3. The van der Waals surface area contributed by atoms with Gasteiger partial charge in [-0.2, -0.15) is 0 Å². The van der Waals surface area contributed by atoms with Gasteiger partial charge in [0.25, 0.3) is 0 Å². The van der Waals surface area contributed by atoms with E-state index in [1.165, 1.54) is 0 Å². The molecular weight excluding hydrogens is 442 g/mol. The molecule has 0 bridgehead atoms. The first-order valence-corrected chi connectivity index (χ1v) is 11.8. The highest BCUT2D eigenvalue weighted by Gasteiger charge is 2.34. The molecule has 8 heteroatoms. The lowest BCUT2D eigenvalue weighted by atomic mass is 9.90. The highest BCUT2D eigenvalue weighted by Crippen LogP contribution is 2.29. The molecule has 35 heavy (non-hydrogen) atoms. The van der Waals surface area contributed by atoms with Crippen LogP contribution in [0.4, 0.5) is 11.6 Å². The molecule has 0 atom stereocenters. The van der Waals surface area contributed by atoms with Crippen LogP contribution >= 0.6 is 0 Å². The zero-order valence-electron chi connectivity index (χ0n) is 20.2. The second-order valence-corrected chi connectivity index (χ2v) is 9.87. The Hall–Kier alpha value is -3.78. The first kappa shape index (κ1) is 23.0. The van der Waals surface area contributed by atoms with Crippen LogP contribution in [0, 0.1) is 11.3 Å². The Labute approximate surface area is 204 Å². The van der Waals surface area contributed by atoms with Crippen molar-refractivity contribution in [2.75, 3.05) is 25.1 Å². The predicted octanol–water partition coefficient (Wildman–Crippen LogP) is 5.41. The first-order chi connectivity index (χ1) is 16.9. The minimum Gasteiger partial charge on any atom is -0.493 e. The summed E-state index contributed by atoms with van der Waals surface area (Å²) in [4.78, 5) is 29.1. The fraction of sp³-hybridized carbons (Fsp3) is 0.333. The summed E-state index contributed by atoms with van der Waals surface area (Å²) >= 11 is 0. The van der Waals surface area contributed by atoms with Gasteiger partial charge in [0, 0.05) is 46.9 Å². The maximum Gasteiger partial charge on any atom is 0.227 e. The number of Topliss-reactive ketones (excluding diaryl/α,β-unsaturated/α-hetero) is 1. The minimum absolute atomic E-state index is 0.0676. The van der Waals surface area contributed by atoms with E-state index in [9.17, 15) is 4.79 Å². The van der Waals surface area contributed by atoms with Crippen molar-refractivity contribution in [3.05, 3.63) is 60.6 Å². The molecule has 1 aliphatic rings. The van der Waals surface area contributed by atoms with E-state index in [0.29, 0.717) is 42.0 Å². The summed E-state index contributed by atoms with van der Waals surface area (Å²) in [6.07, 6.45) is 3.94. The molecule has 0 radical (unpaired) electrons. The number of nitrogens with one attached hydrogen (secondary N) is 2. The smallest absolute Gasteiger partial charge is 0.227 e. The Kier molecular flexibility index (Phi) is 6.21. The van der Waals surface area contributed by atoms with Crippen molar-refractivity contribution < 1.29 is 14.3 Å². The SMILES string of the molecule is CC(C)CC(=O)c1cc2ccc(Nc3nccc(-c4cc(OCC5(C)COC5)ccn4)n3)cc2[nH]1. The van der Waals surface area contributed by atoms with Crippen molar-refractivity contribution in [3.63, 3.8) is 0 Å². The third kappa shape index (κ3) is 5.33. The van der Waals surface area contributed by atoms with Gasteiger partial charge in [0.1, 0.15) is 5.75 Å². The molecule has 0 spiro atoms. The number of carbonyl (C=O) groups is 1. The Bertz CT molecular complexity index is 1360. The van der Waals surface area contributed by atoms with Crippen molar-refractivity contribution in [1.29, 1.82) is 0 Å². The van der Waals surface area contributed by atoms with E-state index in [1.54, 1.807) is 12.4 Å². The van der Waals surface area contributed by atoms with Gasteiger partial charge in [-0.15, -0.1) is 0 Å². The number of rotatable bonds is 9. The van der Waals surface area contributed by atoms with Crippen LogP contribution in [0.2, 0.25) is 0 Å². The van der Waals surface area contributed by atoms with Crippen molar-refractivity contribution in [1.82, 2.24) is 19.9 Å². The van der Waals surface area contributed by atoms with E-state index < -0.39 is 0 Å². The van der Waals surface area contributed by atoms with E-state index in [-0.39, 0.29) is 11.2 Å². The van der Waals surface area contributed by atoms with Crippen LogP contribution < -0.4 is 10.1 Å². The maximum absolute atomic E-state index is 12.4. The highest BCUT2D eigenvalue weighted by molar-refractivity contribution is 6.00. The zero-order valence-corrected chi connectivity index (χ0v) is 20.2. The van der Waals surface area contributed by atoms with Gasteiger partial charge < -0.3 is 19.8 Å². The van der Waals surface area contributed by atoms with Crippen molar-refractivity contribution in [2.24, 2.45) is 11.3 Å². The van der Waals surface area contributed by atoms with Gasteiger partial charge >= 0.3 is 0 Å². The monoisotopic (exact) mass is 471 g/mol. The lowest BCUT2D eigenvalue weighted by molar-refractivity contribution is -0.120. The second kappa shape index (κ2) is 9.46. The van der Waals surface area contributed by atoms with Crippen molar-refractivity contribution in [2.45, 2.75) is 27.2 Å². The number of H-pyrrole nitrogens is 1. The predicted molar refractivity (Wildman–Crippen MR) is 135 cm³/mol. The van der Waals surface area contributed by atoms with Crippen LogP contribution in [-0.2, 0) is 4.74 Å². The largest absolute Gasteiger partial charge is 0.493 e. The number of hydrogen-bond donors (Lipinski definition) is 2. The number of hydrogen-bond acceptors (Lipinski definition) is 7. The number of aromatic amines is 1. The molecule has 3 aromatic heterocycles. The summed E-state index contributed by atoms with van der Waals surface area (Å²) in [7, 11) is 0. The quantitative estimate of drug-likeness (QED) is 0.315. The third-order valence-electron chi connectivity index (χ3n) is 5.91. The molecule has 0 aliphatic carbocycles. The average molecular weight is 472 g/mol. The number of aromatic nitrogens is 4. The summed E-state index contributed by atoms with van der Waals surface area (Å²) in [6.45, 7) is 8.27. The molecule has 1 aliphatic heterocycles. The highest BCUT2D eigenvalue weighted by atomic mass is 16.5. The topological polar surface area (TPSA) is 102 Å². The second-order valence-electron chi connectivity index (χ2n) is 9.87. The van der Waals surface area contributed by atoms with Crippen LogP contribution in [0.1, 0.15) is 37.7 Å². The first-order valence-electron chi connectivity index (χ1n) is 11.8. The number of carbonyl (C=O) groups excluding carboxylic acids is 1. The van der Waals surface area contributed by atoms with Gasteiger partial charge in [-0.25, -0.2) is 9.97 Å². The molecular formula is C27H29N5O3. The van der Waals surface area contributed by atoms with E-state index >= 15 is 0 Å². The maximum atomic E-state index is 12.4. The molecule has 0 saturated carbocycles. The third-order valence-corrected chi connectivity index (χ3v) is 5.91. The molecule has 5 rings (SSSR count). The Morgan fingerprint density at radius 2 is 1.94 bits per heavy atom. The van der Waals surface area contributed by atoms with Crippen LogP contribution in [0.3, 0.4) is 0 Å². The zero-order chi connectivity index (χ0) is 24.4. The molecule has 0 unspecified atom stereocenters. The number of pyridine rings is 1. The number of anilines is 2. The molecule has 1 saturated heterocycles. The van der Waals surface area contributed by atoms with Crippen molar-refractivity contribution >= 4 is 28.3 Å². The fourth-order valence-electron chi connectivity index (χ4n) is 3.96. The lowest BCUT2D eigenvalue weighted by Crippen LogP contribution is -2.44. The fourth-order valence-corrected chi connectivity index (χ4v) is 3.96. The van der Waals surface area contributed by atoms with E-state index in [1.807, 2.05) is 56.3 Å². The number of ether oxygens (including phenoxy) is 2. The Balaban J connectivity index is 1.31. The van der Waals surface area contributed by atoms with Gasteiger partial charge in [-0.05, 0) is 36.2 Å². The van der Waals surface area contributed by atoms with Gasteiger partial charge in [0.2, 0.25) is 5.95 Å². The number of benzene rings is 1. The van der Waals surface area contributed by atoms with Crippen LogP contribution in [0.25, 0.3) is 22.3 Å². The molecule has 1 aromatic carbocycles. The molecule has 4 heterocycles. The summed E-state index contributed by atoms with van der Waals surface area (Å²) in [6, 6.07) is 13.3. The summed E-state index contributed by atoms with van der Waals surface area (Å²) in [5.74, 6) is 1.64. The number of ketones is 1. The van der Waals surface area contributed by atoms with Crippen molar-refractivity contribution in [3.8, 4) is 17.1 Å². The molecule has 1 fully saturated rings. The van der Waals surface area contributed by atoms with Crippen LogP contribution in [0.5, 0.6) is 5.75 Å². The average Bonchev–Trinajstić information content (AvgIpc) is 3.25. The van der Waals surface area contributed by atoms with Gasteiger partial charge in [-0.1, -0.05) is 26.8 Å². The molecule has 4 aromatic rings. The van der Waals surface area contributed by atoms with Crippen LogP contribution in [-0.4, -0.2) is 45.5 Å². The van der Waals surface area contributed by atoms with E-state index in [0.717, 1.165) is 35.6 Å². The molecule has 180 valence electrons. The molecule has 2 N–H and O–H groups in total. The Morgan fingerprint density at radius 1 is 1.11 bits per heavy atom. The van der Waals surface area contributed by atoms with Gasteiger partial charge in [0.15, 0.2) is 5.78 Å². The standard InChI is InChI=1S/C27H29N5O3/c1-17(2)10-25(33)24-11-18-4-5-19(12-22(18)31-24)30-26-29-9-7-21(32-26)23-13-20(6-8-28-23)35-16-27(3)14-34-15-27/h4-9,11-13,17,31H,10,14-16H2,1-3H3,(H,29,30,32). The Morgan fingerprint density at radius 3 is 2.71 bits per heavy atom. The molecule has 8 nitrogen and oxygen atoms in total. The summed E-state index contributed by atoms with van der Waals surface area (Å²) in [5, 5.41) is 4.24. The van der Waals surface area contributed by atoms with E-state index in [2.05, 4.69) is 32.2 Å². The lowest BCUT2D eigenvalue weighted by Gasteiger charge is -2.37. The van der Waals surface area contributed by atoms with Crippen LogP contribution in [0.15, 0.2) is 54.9 Å². The number of nitrogens with zero attached hydrogens (tertiary/aromatic N) is 3. The minimum atomic E-state index is 0.0676. The van der Waals surface area contributed by atoms with E-state index in [4.69, 9.17) is 9.47 Å². The summed E-state index contributed by atoms with van der Waals surface area (Å²) in [5.41, 5.74) is 3.80.